The molecule has 2 heterocycles. The normalized spacial score (nSPS) is 11.2. The number of anilines is 6. The Bertz CT molecular complexity index is 2240. The van der Waals surface area contributed by atoms with E-state index in [0.717, 1.165) is 12.1 Å². The van der Waals surface area contributed by atoms with Gasteiger partial charge in [-0.15, -0.1) is 0 Å². The Kier molecular flexibility index (Phi) is 14.5. The number of nitrogens with zero attached hydrogens (tertiary/aromatic N) is 6. The number of para-hydroxylation sites is 1. The Morgan fingerprint density at radius 3 is 1.46 bits per heavy atom. The summed E-state index contributed by atoms with van der Waals surface area (Å²) in [6.45, 7) is 0. The molecule has 0 saturated carbocycles. The van der Waals surface area contributed by atoms with Crippen LogP contribution in [0.1, 0.15) is 11.1 Å². The van der Waals surface area contributed by atoms with Crippen LogP contribution in [-0.2, 0) is 20.2 Å². The maximum atomic E-state index is 12.4. The van der Waals surface area contributed by atoms with Gasteiger partial charge in [0.15, 0.2) is 0 Å². The zero-order valence-electron chi connectivity index (χ0n) is 26.7. The SMILES string of the molecule is COc1nc(Cl)nc(Nc2ccc(C=Cc3ccc(Nc4nc(Nc5ccccc5)nc(OC)n4)cc3S(=O)(=O)O)c(S(=O)(=O)O)c2)n1.[Na].[Na]. The van der Waals surface area contributed by atoms with Gasteiger partial charge in [0.25, 0.3) is 20.2 Å². The van der Waals surface area contributed by atoms with Crippen LogP contribution in [0, 0.1) is 0 Å². The van der Waals surface area contributed by atoms with E-state index in [2.05, 4.69) is 45.9 Å². The maximum Gasteiger partial charge on any atom is 0.322 e. The molecule has 0 aliphatic rings. The van der Waals surface area contributed by atoms with Crippen LogP contribution in [0.3, 0.4) is 0 Å². The number of hydrogen-bond donors (Lipinski definition) is 5. The van der Waals surface area contributed by atoms with E-state index in [1.807, 2.05) is 18.2 Å². The van der Waals surface area contributed by atoms with Crippen LogP contribution in [0.5, 0.6) is 12.0 Å². The van der Waals surface area contributed by atoms with Gasteiger partial charge < -0.3 is 25.4 Å². The van der Waals surface area contributed by atoms with Gasteiger partial charge in [-0.3, -0.25) is 9.11 Å². The van der Waals surface area contributed by atoms with E-state index in [9.17, 15) is 25.9 Å². The van der Waals surface area contributed by atoms with Crippen molar-refractivity contribution >= 4 is 138 Å². The summed E-state index contributed by atoms with van der Waals surface area (Å²) in [4.78, 5) is 23.1. The average molecular weight is 760 g/mol. The number of nitrogens with one attached hydrogen (secondary N) is 3. The molecule has 2 aromatic heterocycles. The Hall–Kier alpha value is -3.47. The monoisotopic (exact) mass is 759 g/mol. The predicted molar refractivity (Wildman–Crippen MR) is 187 cm³/mol. The van der Waals surface area contributed by atoms with Gasteiger partial charge in [0.05, 0.1) is 14.2 Å². The standard InChI is InChI=1S/C28H24ClN9O8S2.2Na/c1-45-27-34-23(29)33-24(36-27)31-19-12-10-16(21(14-19)47(39,40)41)8-9-17-11-13-20(15-22(17)48(42,43)44)32-26-35-25(37-28(38-26)46-2)30-18-6-4-3-5-7-18;;/h3-15H,1-2H3,(H,39,40,41)(H,42,43,44)(H,31,33,34,36)(H2,30,32,35,37,38);;. The summed E-state index contributed by atoms with van der Waals surface area (Å²) in [5, 5.41) is 8.41. The van der Waals surface area contributed by atoms with Crippen molar-refractivity contribution in [3.63, 3.8) is 0 Å². The summed E-state index contributed by atoms with van der Waals surface area (Å²) in [6, 6.07) is 16.8. The fraction of sp³-hybridized carbons (Fsp3) is 0.0714. The van der Waals surface area contributed by atoms with Crippen molar-refractivity contribution in [1.82, 2.24) is 29.9 Å². The summed E-state index contributed by atoms with van der Waals surface area (Å²) in [5.41, 5.74) is 0.975. The molecule has 0 aliphatic heterocycles. The van der Waals surface area contributed by atoms with Crippen LogP contribution < -0.4 is 25.4 Å². The maximum absolute atomic E-state index is 12.4. The molecule has 0 fully saturated rings. The molecule has 5 aromatic rings. The van der Waals surface area contributed by atoms with E-state index >= 15 is 0 Å². The molecule has 250 valence electrons. The molecule has 5 rings (SSSR count). The first kappa shape index (κ1) is 41.0. The smallest absolute Gasteiger partial charge is 0.322 e. The van der Waals surface area contributed by atoms with Crippen molar-refractivity contribution in [2.45, 2.75) is 9.79 Å². The third kappa shape index (κ3) is 11.0. The van der Waals surface area contributed by atoms with Gasteiger partial charge in [-0.25, -0.2) is 0 Å². The van der Waals surface area contributed by atoms with E-state index in [0.29, 0.717) is 5.69 Å². The van der Waals surface area contributed by atoms with Gasteiger partial charge in [0.2, 0.25) is 23.1 Å². The van der Waals surface area contributed by atoms with Crippen molar-refractivity contribution in [3.8, 4) is 12.0 Å². The fourth-order valence-electron chi connectivity index (χ4n) is 4.07. The summed E-state index contributed by atoms with van der Waals surface area (Å²) >= 11 is 5.86. The van der Waals surface area contributed by atoms with Gasteiger partial charge in [-0.2, -0.15) is 46.7 Å². The largest absolute Gasteiger partial charge is 0.467 e. The number of methoxy groups -OCH3 is 2. The Morgan fingerprint density at radius 1 is 0.600 bits per heavy atom. The van der Waals surface area contributed by atoms with Crippen molar-refractivity contribution in [3.05, 3.63) is 83.1 Å². The molecular weight excluding hydrogens is 736 g/mol. The van der Waals surface area contributed by atoms with Gasteiger partial charge in [0.1, 0.15) is 9.79 Å². The second-order valence-corrected chi connectivity index (χ2v) is 12.5. The van der Waals surface area contributed by atoms with Crippen molar-refractivity contribution in [2.75, 3.05) is 30.2 Å². The molecule has 0 saturated heterocycles. The Morgan fingerprint density at radius 2 is 1.02 bits per heavy atom. The van der Waals surface area contributed by atoms with Gasteiger partial charge in [-0.05, 0) is 59.1 Å². The van der Waals surface area contributed by atoms with E-state index in [4.69, 9.17) is 21.1 Å². The minimum Gasteiger partial charge on any atom is -0.467 e. The van der Waals surface area contributed by atoms with Crippen molar-refractivity contribution < 1.29 is 35.4 Å². The van der Waals surface area contributed by atoms with E-state index in [1.54, 1.807) is 12.1 Å². The topological polar surface area (TPSA) is 241 Å². The number of rotatable bonds is 12. The minimum atomic E-state index is -4.80. The molecule has 0 aliphatic carbocycles. The first-order chi connectivity index (χ1) is 22.8. The molecule has 0 atom stereocenters. The summed E-state index contributed by atoms with van der Waals surface area (Å²) in [6.07, 6.45) is 2.49. The quantitative estimate of drug-likeness (QED) is 0.0689. The second kappa shape index (κ2) is 17.6. The molecule has 50 heavy (non-hydrogen) atoms. The third-order valence-electron chi connectivity index (χ3n) is 6.14. The molecule has 2 radical (unpaired) electrons. The number of ether oxygens (including phenoxy) is 2. The first-order valence-corrected chi connectivity index (χ1v) is 16.6. The fourth-order valence-corrected chi connectivity index (χ4v) is 5.65. The van der Waals surface area contributed by atoms with E-state index < -0.39 is 30.0 Å². The van der Waals surface area contributed by atoms with Crippen LogP contribution in [0.25, 0.3) is 12.2 Å². The van der Waals surface area contributed by atoms with E-state index in [-0.39, 0.29) is 117 Å². The van der Waals surface area contributed by atoms with Crippen LogP contribution >= 0.6 is 11.6 Å². The molecule has 0 amide bonds. The summed E-state index contributed by atoms with van der Waals surface area (Å²) < 4.78 is 79.4. The van der Waals surface area contributed by atoms with Crippen LogP contribution in [-0.4, -0.2) is 129 Å². The zero-order chi connectivity index (χ0) is 34.5. The molecule has 17 nitrogen and oxygen atoms in total. The molecule has 0 bridgehead atoms. The van der Waals surface area contributed by atoms with Gasteiger partial charge >= 0.3 is 12.0 Å². The number of halogens is 1. The molecule has 5 N–H and O–H groups in total. The van der Waals surface area contributed by atoms with Crippen molar-refractivity contribution in [1.29, 1.82) is 0 Å². The Balaban J connectivity index is 0.00000338. The number of aromatic nitrogens is 6. The van der Waals surface area contributed by atoms with Crippen LogP contribution in [0.4, 0.5) is 34.9 Å². The number of hydrogen-bond acceptors (Lipinski definition) is 15. The molecule has 0 spiro atoms. The third-order valence-corrected chi connectivity index (χ3v) is 8.12. The first-order valence-electron chi connectivity index (χ1n) is 13.3. The Labute approximate surface area is 335 Å². The van der Waals surface area contributed by atoms with Crippen LogP contribution in [0.2, 0.25) is 5.28 Å². The summed E-state index contributed by atoms with van der Waals surface area (Å²) in [7, 11) is -6.91. The molecular formula is C28H24ClN9Na2O8S2. The number of benzene rings is 3. The zero-order valence-corrected chi connectivity index (χ0v) is 33.1. The molecule has 0 unspecified atom stereocenters. The van der Waals surface area contributed by atoms with Crippen LogP contribution in [0.15, 0.2) is 76.5 Å². The minimum absolute atomic E-state index is 0. The van der Waals surface area contributed by atoms with E-state index in [1.165, 1.54) is 50.6 Å². The second-order valence-electron chi connectivity index (χ2n) is 9.41. The van der Waals surface area contributed by atoms with Gasteiger partial charge in [-0.1, -0.05) is 42.5 Å². The molecule has 22 heteroatoms. The molecule has 3 aromatic carbocycles. The van der Waals surface area contributed by atoms with Gasteiger partial charge in [0, 0.05) is 76.2 Å². The average Bonchev–Trinajstić information content (AvgIpc) is 3.03. The summed E-state index contributed by atoms with van der Waals surface area (Å²) in [5.74, 6) is 0.0641. The van der Waals surface area contributed by atoms with Crippen molar-refractivity contribution in [2.24, 2.45) is 0 Å². The predicted octanol–water partition coefficient (Wildman–Crippen LogP) is 3.86.